The number of hydrogen-bond acceptors (Lipinski definition) is 4. The van der Waals surface area contributed by atoms with Gasteiger partial charge >= 0.3 is 0 Å². The summed E-state index contributed by atoms with van der Waals surface area (Å²) in [7, 11) is 2.18. The third-order valence-corrected chi connectivity index (χ3v) is 4.33. The van der Waals surface area contributed by atoms with Crippen molar-refractivity contribution in [1.82, 2.24) is 20.5 Å². The van der Waals surface area contributed by atoms with Crippen molar-refractivity contribution in [1.29, 1.82) is 0 Å². The smallest absolute Gasteiger partial charge is 0.0918 e. The lowest BCUT2D eigenvalue weighted by Gasteiger charge is -2.31. The summed E-state index contributed by atoms with van der Waals surface area (Å²) in [6.07, 6.45) is 3.72. The van der Waals surface area contributed by atoms with E-state index >= 15 is 0 Å². The topological polar surface area (TPSA) is 69.1 Å². The summed E-state index contributed by atoms with van der Waals surface area (Å²) in [4.78, 5) is 5.82. The van der Waals surface area contributed by atoms with Crippen LogP contribution >= 0.6 is 0 Å². The molecule has 136 valence electrons. The van der Waals surface area contributed by atoms with Crippen molar-refractivity contribution in [3.05, 3.63) is 60.7 Å². The SMILES string of the molecule is C=C(NCc1cc2cc(C)ccc2[nH]1)NC1CCCN(C)C1.C=CN. The number of H-pyrrole nitrogens is 1. The lowest BCUT2D eigenvalue weighted by Crippen LogP contribution is -2.45. The first-order chi connectivity index (χ1) is 12.0. The molecule has 3 rings (SSSR count). The summed E-state index contributed by atoms with van der Waals surface area (Å²) in [5.74, 6) is 0.912. The Morgan fingerprint density at radius 2 is 2.20 bits per heavy atom. The van der Waals surface area contributed by atoms with Crippen molar-refractivity contribution in [3.8, 4) is 0 Å². The largest absolute Gasteiger partial charge is 0.405 e. The van der Waals surface area contributed by atoms with Crippen molar-refractivity contribution in [2.75, 3.05) is 20.1 Å². The zero-order chi connectivity index (χ0) is 18.2. The standard InChI is InChI=1S/C18H26N4.C2H5N/c1-13-6-7-18-15(9-13)10-17(21-18)11-19-14(2)20-16-5-4-8-22(3)12-16;1-2-3/h6-7,9-10,16,19-21H,2,4-5,8,11-12H2,1,3H3;2H,1,3H2. The Labute approximate surface area is 151 Å². The Morgan fingerprint density at radius 3 is 2.92 bits per heavy atom. The number of benzene rings is 1. The first-order valence-corrected chi connectivity index (χ1v) is 8.80. The second-order valence-electron chi connectivity index (χ2n) is 6.70. The molecule has 1 saturated heterocycles. The molecule has 1 aliphatic heterocycles. The van der Waals surface area contributed by atoms with Crippen molar-refractivity contribution < 1.29 is 0 Å². The van der Waals surface area contributed by atoms with Gasteiger partial charge in [0.15, 0.2) is 0 Å². The number of likely N-dealkylation sites (N-methyl/N-ethyl adjacent to an activating group) is 1. The molecule has 1 unspecified atom stereocenters. The van der Waals surface area contributed by atoms with Gasteiger partial charge in [0, 0.05) is 23.8 Å². The average Bonchev–Trinajstić information content (AvgIpc) is 2.96. The van der Waals surface area contributed by atoms with E-state index in [1.807, 2.05) is 0 Å². The van der Waals surface area contributed by atoms with Crippen LogP contribution in [0.15, 0.2) is 49.4 Å². The minimum Gasteiger partial charge on any atom is -0.405 e. The maximum atomic E-state index is 4.61. The van der Waals surface area contributed by atoms with Gasteiger partial charge in [0.25, 0.3) is 0 Å². The summed E-state index contributed by atoms with van der Waals surface area (Å²) in [5.41, 5.74) is 8.28. The summed E-state index contributed by atoms with van der Waals surface area (Å²) in [6, 6.07) is 9.19. The molecule has 5 heteroatoms. The number of nitrogens with one attached hydrogen (secondary N) is 3. The van der Waals surface area contributed by atoms with Gasteiger partial charge < -0.3 is 26.3 Å². The molecule has 0 amide bonds. The van der Waals surface area contributed by atoms with E-state index in [1.54, 1.807) is 0 Å². The van der Waals surface area contributed by atoms with Crippen LogP contribution in [0.5, 0.6) is 0 Å². The Bertz CT molecular complexity index is 703. The summed E-state index contributed by atoms with van der Waals surface area (Å²) in [6.45, 7) is 12.4. The van der Waals surface area contributed by atoms with Crippen LogP contribution in [0.1, 0.15) is 24.1 Å². The van der Waals surface area contributed by atoms with E-state index in [0.717, 1.165) is 18.9 Å². The molecule has 1 fully saturated rings. The number of nitrogens with zero attached hydrogens (tertiary/aromatic N) is 1. The lowest BCUT2D eigenvalue weighted by atomic mass is 10.1. The van der Waals surface area contributed by atoms with Crippen LogP contribution in [0.4, 0.5) is 0 Å². The van der Waals surface area contributed by atoms with Gasteiger partial charge in [-0.15, -0.1) is 0 Å². The van der Waals surface area contributed by atoms with E-state index in [1.165, 1.54) is 47.7 Å². The predicted molar refractivity (Wildman–Crippen MR) is 107 cm³/mol. The molecule has 5 N–H and O–H groups in total. The van der Waals surface area contributed by atoms with Gasteiger partial charge in [0.1, 0.15) is 0 Å². The number of aromatic amines is 1. The van der Waals surface area contributed by atoms with Crippen molar-refractivity contribution in [2.45, 2.75) is 32.4 Å². The fraction of sp³-hybridized carbons (Fsp3) is 0.400. The van der Waals surface area contributed by atoms with Crippen LogP contribution in [-0.4, -0.2) is 36.1 Å². The quantitative estimate of drug-likeness (QED) is 0.675. The zero-order valence-corrected chi connectivity index (χ0v) is 15.4. The molecule has 0 radical (unpaired) electrons. The monoisotopic (exact) mass is 341 g/mol. The minimum atomic E-state index is 0.504. The average molecular weight is 342 g/mol. The van der Waals surface area contributed by atoms with Gasteiger partial charge in [0.05, 0.1) is 12.4 Å². The molecule has 0 aliphatic carbocycles. The maximum absolute atomic E-state index is 4.61. The molecule has 0 saturated carbocycles. The fourth-order valence-corrected chi connectivity index (χ4v) is 3.19. The highest BCUT2D eigenvalue weighted by atomic mass is 15.2. The first kappa shape index (κ1) is 18.9. The highest BCUT2D eigenvalue weighted by molar-refractivity contribution is 5.81. The van der Waals surface area contributed by atoms with E-state index in [4.69, 9.17) is 0 Å². The fourth-order valence-electron chi connectivity index (χ4n) is 3.19. The molecule has 2 aromatic rings. The van der Waals surface area contributed by atoms with Crippen LogP contribution in [0.2, 0.25) is 0 Å². The van der Waals surface area contributed by atoms with Gasteiger partial charge in [-0.2, -0.15) is 0 Å². The molecule has 0 spiro atoms. The molecule has 1 aromatic heterocycles. The van der Waals surface area contributed by atoms with Crippen molar-refractivity contribution in [3.63, 3.8) is 0 Å². The van der Waals surface area contributed by atoms with Gasteiger partial charge in [0.2, 0.25) is 0 Å². The van der Waals surface area contributed by atoms with Gasteiger partial charge in [-0.05, 0) is 63.1 Å². The predicted octanol–water partition coefficient (Wildman–Crippen LogP) is 2.81. The zero-order valence-electron chi connectivity index (χ0n) is 15.4. The highest BCUT2D eigenvalue weighted by Gasteiger charge is 2.16. The number of likely N-dealkylation sites (tertiary alicyclic amines) is 1. The first-order valence-electron chi connectivity index (χ1n) is 8.80. The van der Waals surface area contributed by atoms with E-state index in [9.17, 15) is 0 Å². The summed E-state index contributed by atoms with van der Waals surface area (Å²) < 4.78 is 0. The van der Waals surface area contributed by atoms with E-state index in [-0.39, 0.29) is 0 Å². The number of aromatic nitrogens is 1. The van der Waals surface area contributed by atoms with Crippen molar-refractivity contribution in [2.24, 2.45) is 5.73 Å². The van der Waals surface area contributed by atoms with Crippen LogP contribution in [0.25, 0.3) is 10.9 Å². The maximum Gasteiger partial charge on any atom is 0.0918 e. The number of rotatable bonds is 5. The number of nitrogens with two attached hydrogens (primary N) is 1. The number of aryl methyl sites for hydroxylation is 1. The minimum absolute atomic E-state index is 0.504. The summed E-state index contributed by atoms with van der Waals surface area (Å²) in [5, 5.41) is 8.15. The molecule has 25 heavy (non-hydrogen) atoms. The normalized spacial score (nSPS) is 17.4. The molecule has 1 atom stereocenters. The molecule has 1 aromatic carbocycles. The third kappa shape index (κ3) is 5.87. The molecular weight excluding hydrogens is 310 g/mol. The Kier molecular flexibility index (Phi) is 6.95. The number of piperidine rings is 1. The van der Waals surface area contributed by atoms with Gasteiger partial charge in [-0.3, -0.25) is 0 Å². The van der Waals surface area contributed by atoms with Crippen LogP contribution in [-0.2, 0) is 6.54 Å². The second kappa shape index (κ2) is 9.18. The molecule has 0 bridgehead atoms. The summed E-state index contributed by atoms with van der Waals surface area (Å²) >= 11 is 0. The second-order valence-corrected chi connectivity index (χ2v) is 6.70. The van der Waals surface area contributed by atoms with E-state index in [2.05, 4.69) is 77.6 Å². The van der Waals surface area contributed by atoms with Crippen LogP contribution < -0.4 is 16.4 Å². The number of fused-ring (bicyclic) bond motifs is 1. The molecular formula is C20H31N5. The highest BCUT2D eigenvalue weighted by Crippen LogP contribution is 2.17. The van der Waals surface area contributed by atoms with Gasteiger partial charge in [-0.25, -0.2) is 0 Å². The Balaban J connectivity index is 0.000000701. The van der Waals surface area contributed by atoms with Gasteiger partial charge in [-0.1, -0.05) is 24.8 Å². The third-order valence-electron chi connectivity index (χ3n) is 4.33. The molecule has 1 aliphatic rings. The van der Waals surface area contributed by atoms with E-state index in [0.29, 0.717) is 6.04 Å². The Morgan fingerprint density at radius 1 is 1.44 bits per heavy atom. The molecule has 5 nitrogen and oxygen atoms in total. The van der Waals surface area contributed by atoms with Crippen molar-refractivity contribution >= 4 is 10.9 Å². The lowest BCUT2D eigenvalue weighted by molar-refractivity contribution is 0.233. The van der Waals surface area contributed by atoms with Crippen LogP contribution in [0.3, 0.4) is 0 Å². The van der Waals surface area contributed by atoms with E-state index < -0.39 is 0 Å². The Hall–Kier alpha value is -2.40. The number of hydrogen-bond donors (Lipinski definition) is 4. The molecule has 2 heterocycles. The van der Waals surface area contributed by atoms with Crippen LogP contribution in [0, 0.1) is 6.92 Å².